The van der Waals surface area contributed by atoms with Gasteiger partial charge in [0.1, 0.15) is 11.5 Å². The van der Waals surface area contributed by atoms with Crippen molar-refractivity contribution in [1.29, 1.82) is 0 Å². The molecule has 0 unspecified atom stereocenters. The van der Waals surface area contributed by atoms with Gasteiger partial charge in [0.2, 0.25) is 5.78 Å². The van der Waals surface area contributed by atoms with Crippen LogP contribution in [0.1, 0.15) is 31.8 Å². The van der Waals surface area contributed by atoms with Crippen LogP contribution < -0.4 is 9.47 Å². The van der Waals surface area contributed by atoms with Crippen molar-refractivity contribution in [2.45, 2.75) is 6.92 Å². The van der Waals surface area contributed by atoms with Gasteiger partial charge in [0.05, 0.1) is 10.5 Å². The number of carbonyl (C=O) groups excluding carboxylic acids is 2. The Labute approximate surface area is 191 Å². The molecule has 0 atom stereocenters. The first-order chi connectivity index (χ1) is 15.3. The summed E-state index contributed by atoms with van der Waals surface area (Å²) in [6, 6.07) is 16.0. The summed E-state index contributed by atoms with van der Waals surface area (Å²) in [4.78, 5) is 35.4. The molecule has 0 amide bonds. The summed E-state index contributed by atoms with van der Waals surface area (Å²) in [7, 11) is 0. The second-order valence-corrected chi connectivity index (χ2v) is 7.99. The number of nitrogens with zero attached hydrogens (tertiary/aromatic N) is 1. The van der Waals surface area contributed by atoms with Crippen LogP contribution in [-0.2, 0) is 0 Å². The SMILES string of the molecule is Cc1c(OCC(=O)c2ccc(Br)cc2)ccc2c1O/C(=C\c1ccc([N+](=O)[O-])cc1)C2=O. The van der Waals surface area contributed by atoms with Gasteiger partial charge in [-0.2, -0.15) is 0 Å². The minimum Gasteiger partial charge on any atom is -0.485 e. The predicted molar refractivity (Wildman–Crippen MR) is 121 cm³/mol. The van der Waals surface area contributed by atoms with Gasteiger partial charge in [0.15, 0.2) is 18.1 Å². The molecule has 7 nitrogen and oxygen atoms in total. The van der Waals surface area contributed by atoms with Gasteiger partial charge in [0.25, 0.3) is 5.69 Å². The van der Waals surface area contributed by atoms with E-state index in [1.807, 2.05) is 0 Å². The molecule has 3 aromatic carbocycles. The molecule has 0 aromatic heterocycles. The summed E-state index contributed by atoms with van der Waals surface area (Å²) in [6.45, 7) is 1.60. The lowest BCUT2D eigenvalue weighted by Gasteiger charge is -2.11. The molecule has 0 spiro atoms. The summed E-state index contributed by atoms with van der Waals surface area (Å²) in [5, 5.41) is 10.8. The third-order valence-corrected chi connectivity index (χ3v) is 5.49. The summed E-state index contributed by atoms with van der Waals surface area (Å²) >= 11 is 3.33. The zero-order valence-electron chi connectivity index (χ0n) is 16.8. The largest absolute Gasteiger partial charge is 0.485 e. The average Bonchev–Trinajstić information content (AvgIpc) is 3.10. The first-order valence-corrected chi connectivity index (χ1v) is 10.4. The van der Waals surface area contributed by atoms with Gasteiger partial charge in [-0.3, -0.25) is 19.7 Å². The number of nitro groups is 1. The quantitative estimate of drug-likeness (QED) is 0.193. The maximum absolute atomic E-state index is 12.7. The van der Waals surface area contributed by atoms with E-state index in [0.717, 1.165) is 4.47 Å². The Morgan fingerprint density at radius 1 is 1.09 bits per heavy atom. The van der Waals surface area contributed by atoms with Crippen molar-refractivity contribution >= 4 is 39.3 Å². The highest BCUT2D eigenvalue weighted by Gasteiger charge is 2.30. The van der Waals surface area contributed by atoms with Gasteiger partial charge in [-0.15, -0.1) is 0 Å². The lowest BCUT2D eigenvalue weighted by Crippen LogP contribution is -2.12. The molecular weight excluding hydrogens is 478 g/mol. The molecule has 1 aliphatic heterocycles. The number of carbonyl (C=O) groups is 2. The van der Waals surface area contributed by atoms with E-state index < -0.39 is 4.92 Å². The predicted octanol–water partition coefficient (Wildman–Crippen LogP) is 5.54. The van der Waals surface area contributed by atoms with Crippen LogP contribution in [0.3, 0.4) is 0 Å². The fraction of sp³-hybridized carbons (Fsp3) is 0.0833. The Hall–Kier alpha value is -3.78. The van der Waals surface area contributed by atoms with Crippen molar-refractivity contribution in [3.8, 4) is 11.5 Å². The smallest absolute Gasteiger partial charge is 0.269 e. The third-order valence-electron chi connectivity index (χ3n) is 4.96. The number of allylic oxidation sites excluding steroid dienone is 1. The van der Waals surface area contributed by atoms with Crippen LogP contribution in [0, 0.1) is 17.0 Å². The highest BCUT2D eigenvalue weighted by molar-refractivity contribution is 9.10. The van der Waals surface area contributed by atoms with E-state index in [0.29, 0.717) is 33.8 Å². The fourth-order valence-electron chi connectivity index (χ4n) is 3.23. The molecule has 32 heavy (non-hydrogen) atoms. The highest BCUT2D eigenvalue weighted by atomic mass is 79.9. The first kappa shape index (κ1) is 21.5. The van der Waals surface area contributed by atoms with Crippen LogP contribution in [0.15, 0.2) is 70.9 Å². The summed E-state index contributed by atoms with van der Waals surface area (Å²) in [5.74, 6) is 0.461. The number of hydrogen-bond acceptors (Lipinski definition) is 6. The number of fused-ring (bicyclic) bond motifs is 1. The summed E-state index contributed by atoms with van der Waals surface area (Å²) in [6.07, 6.45) is 1.53. The Balaban J connectivity index is 1.51. The lowest BCUT2D eigenvalue weighted by atomic mass is 10.1. The number of ether oxygens (including phenoxy) is 2. The number of non-ortho nitro benzene ring substituents is 1. The van der Waals surface area contributed by atoms with Crippen LogP contribution in [0.4, 0.5) is 5.69 Å². The maximum atomic E-state index is 12.7. The van der Waals surface area contributed by atoms with E-state index in [-0.39, 0.29) is 29.6 Å². The van der Waals surface area contributed by atoms with Gasteiger partial charge < -0.3 is 9.47 Å². The second-order valence-electron chi connectivity index (χ2n) is 7.07. The number of ketones is 2. The van der Waals surface area contributed by atoms with Crippen molar-refractivity contribution in [3.63, 3.8) is 0 Å². The lowest BCUT2D eigenvalue weighted by molar-refractivity contribution is -0.384. The Morgan fingerprint density at radius 2 is 1.78 bits per heavy atom. The zero-order valence-corrected chi connectivity index (χ0v) is 18.4. The number of nitro benzene ring substituents is 1. The number of benzene rings is 3. The topological polar surface area (TPSA) is 95.7 Å². The van der Waals surface area contributed by atoms with Crippen LogP contribution in [-0.4, -0.2) is 23.1 Å². The first-order valence-electron chi connectivity index (χ1n) is 9.57. The molecule has 0 aliphatic carbocycles. The Morgan fingerprint density at radius 3 is 2.44 bits per heavy atom. The van der Waals surface area contributed by atoms with E-state index in [9.17, 15) is 19.7 Å². The van der Waals surface area contributed by atoms with Crippen LogP contribution in [0.5, 0.6) is 11.5 Å². The van der Waals surface area contributed by atoms with Crippen molar-refractivity contribution in [3.05, 3.63) is 103 Å². The Kier molecular flexibility index (Phi) is 5.87. The molecule has 0 radical (unpaired) electrons. The van der Waals surface area contributed by atoms with Gasteiger partial charge >= 0.3 is 0 Å². The number of halogens is 1. The van der Waals surface area contributed by atoms with E-state index in [4.69, 9.17) is 9.47 Å². The molecule has 0 saturated carbocycles. The molecule has 3 aromatic rings. The minimum absolute atomic E-state index is 0.0376. The minimum atomic E-state index is -0.490. The van der Waals surface area contributed by atoms with E-state index in [2.05, 4.69) is 15.9 Å². The van der Waals surface area contributed by atoms with Gasteiger partial charge in [-0.05, 0) is 55.0 Å². The molecule has 4 rings (SSSR count). The van der Waals surface area contributed by atoms with Gasteiger partial charge in [-0.25, -0.2) is 0 Å². The normalized spacial score (nSPS) is 13.6. The molecule has 1 heterocycles. The maximum Gasteiger partial charge on any atom is 0.269 e. The molecule has 160 valence electrons. The van der Waals surface area contributed by atoms with Crippen molar-refractivity contribution < 1.29 is 24.0 Å². The molecule has 1 aliphatic rings. The van der Waals surface area contributed by atoms with E-state index in [1.165, 1.54) is 18.2 Å². The van der Waals surface area contributed by atoms with Crippen LogP contribution in [0.2, 0.25) is 0 Å². The number of Topliss-reactive ketones (excluding diaryl/α,β-unsaturated/α-hetero) is 2. The average molecular weight is 494 g/mol. The van der Waals surface area contributed by atoms with E-state index >= 15 is 0 Å². The summed E-state index contributed by atoms with van der Waals surface area (Å²) in [5.41, 5.74) is 2.09. The molecule has 0 N–H and O–H groups in total. The van der Waals surface area contributed by atoms with Gasteiger partial charge in [-0.1, -0.05) is 28.1 Å². The second kappa shape index (κ2) is 8.76. The molecule has 0 saturated heterocycles. The zero-order chi connectivity index (χ0) is 22.8. The molecule has 8 heteroatoms. The molecular formula is C24H16BrNO6. The van der Waals surface area contributed by atoms with Gasteiger partial charge in [0, 0.05) is 27.7 Å². The molecule has 0 bridgehead atoms. The monoisotopic (exact) mass is 493 g/mol. The molecule has 0 fully saturated rings. The Bertz CT molecular complexity index is 1260. The van der Waals surface area contributed by atoms with E-state index in [1.54, 1.807) is 55.5 Å². The van der Waals surface area contributed by atoms with Crippen molar-refractivity contribution in [1.82, 2.24) is 0 Å². The number of rotatable bonds is 6. The van der Waals surface area contributed by atoms with Crippen molar-refractivity contribution in [2.75, 3.05) is 6.61 Å². The summed E-state index contributed by atoms with van der Waals surface area (Å²) < 4.78 is 12.4. The fourth-order valence-corrected chi connectivity index (χ4v) is 3.49. The number of hydrogen-bond donors (Lipinski definition) is 0. The standard InChI is InChI=1S/C24H16BrNO6/c1-14-21(31-13-20(27)16-4-6-17(25)7-5-16)11-10-19-23(28)22(32-24(14)19)12-15-2-8-18(9-3-15)26(29)30/h2-12H,13H2,1H3/b22-12-. The highest BCUT2D eigenvalue weighted by Crippen LogP contribution is 2.39. The van der Waals surface area contributed by atoms with Crippen LogP contribution >= 0.6 is 15.9 Å². The third kappa shape index (κ3) is 4.31. The van der Waals surface area contributed by atoms with Crippen molar-refractivity contribution in [2.24, 2.45) is 0 Å². The van der Waals surface area contributed by atoms with Crippen LogP contribution in [0.25, 0.3) is 6.08 Å².